The molecule has 9 heteroatoms. The molecule has 1 atom stereocenters. The van der Waals surface area contributed by atoms with E-state index in [0.717, 1.165) is 22.5 Å². The zero-order valence-electron chi connectivity index (χ0n) is 22.2. The second kappa shape index (κ2) is 10.8. The molecule has 1 aromatic heterocycles. The number of carbonyl (C=O) groups excluding carboxylic acids is 3. The van der Waals surface area contributed by atoms with E-state index in [-0.39, 0.29) is 27.3 Å². The van der Waals surface area contributed by atoms with E-state index in [1.54, 1.807) is 25.1 Å². The molecule has 1 N–H and O–H groups in total. The van der Waals surface area contributed by atoms with Crippen LogP contribution in [0.3, 0.4) is 0 Å². The maximum atomic E-state index is 13.5. The average Bonchev–Trinajstić information content (AvgIpc) is 3.41. The summed E-state index contributed by atoms with van der Waals surface area (Å²) in [6, 6.07) is 11.7. The highest BCUT2D eigenvalue weighted by atomic mass is 32.1. The van der Waals surface area contributed by atoms with Crippen LogP contribution in [0.15, 0.2) is 48.0 Å². The molecule has 2 aromatic carbocycles. The Morgan fingerprint density at radius 1 is 1.13 bits per heavy atom. The zero-order chi connectivity index (χ0) is 27.7. The number of aromatic nitrogens is 1. The lowest BCUT2D eigenvalue weighted by Crippen LogP contribution is -2.29. The molecule has 1 unspecified atom stereocenters. The van der Waals surface area contributed by atoms with Crippen molar-refractivity contribution in [3.63, 3.8) is 0 Å². The number of aliphatic hydroxyl groups excluding tert-OH is 1. The minimum atomic E-state index is -0.945. The molecule has 8 nitrogen and oxygen atoms in total. The van der Waals surface area contributed by atoms with Gasteiger partial charge >= 0.3 is 11.9 Å². The lowest BCUT2D eigenvalue weighted by atomic mass is 9.93. The highest BCUT2D eigenvalue weighted by molar-refractivity contribution is 7.17. The first-order valence-electron chi connectivity index (χ1n) is 12.3. The van der Waals surface area contributed by atoms with Gasteiger partial charge in [0.2, 0.25) is 0 Å². The summed E-state index contributed by atoms with van der Waals surface area (Å²) in [5.41, 5.74) is 3.22. The molecule has 0 spiro atoms. The summed E-state index contributed by atoms with van der Waals surface area (Å²) < 4.78 is 10.4. The van der Waals surface area contributed by atoms with Gasteiger partial charge < -0.3 is 14.6 Å². The van der Waals surface area contributed by atoms with Gasteiger partial charge in [0.15, 0.2) is 5.13 Å². The number of benzene rings is 2. The van der Waals surface area contributed by atoms with Crippen LogP contribution in [0.25, 0.3) is 5.76 Å². The van der Waals surface area contributed by atoms with Gasteiger partial charge in [-0.15, -0.1) is 0 Å². The Morgan fingerprint density at radius 3 is 2.39 bits per heavy atom. The first kappa shape index (κ1) is 27.1. The Hall–Kier alpha value is -3.98. The standard InChI is InChI=1S/C29H30N2O6S/c1-7-37-21-13-12-20(14-16(21)4)24(32)22-23(19-10-8-18(9-11-19)15(2)3)31(27(34)25(22)33)29-30-17(5)26(38-29)28(35)36-6/h8-15,23,32H,7H2,1-6H3/b24-22-. The number of methoxy groups -OCH3 is 1. The number of thiazole rings is 1. The van der Waals surface area contributed by atoms with E-state index in [2.05, 4.69) is 18.8 Å². The van der Waals surface area contributed by atoms with Crippen LogP contribution >= 0.6 is 11.3 Å². The van der Waals surface area contributed by atoms with Gasteiger partial charge in [-0.1, -0.05) is 49.4 Å². The van der Waals surface area contributed by atoms with E-state index >= 15 is 0 Å². The highest BCUT2D eigenvalue weighted by Crippen LogP contribution is 2.44. The molecular formula is C29H30N2O6S. The molecule has 38 heavy (non-hydrogen) atoms. The summed E-state index contributed by atoms with van der Waals surface area (Å²) in [5.74, 6) is -1.59. The SMILES string of the molecule is CCOc1ccc(/C(O)=C2/C(=O)C(=O)N(c3nc(C)c(C(=O)OC)s3)C2c2ccc(C(C)C)cc2)cc1C. The van der Waals surface area contributed by atoms with Gasteiger partial charge in [-0.25, -0.2) is 9.78 Å². The molecule has 4 rings (SSSR count). The number of hydrogen-bond acceptors (Lipinski definition) is 8. The fraction of sp³-hybridized carbons (Fsp3) is 0.310. The van der Waals surface area contributed by atoms with Gasteiger partial charge in [-0.05, 0) is 61.6 Å². The monoisotopic (exact) mass is 534 g/mol. The number of aryl methyl sites for hydroxylation is 2. The molecule has 0 aliphatic carbocycles. The molecule has 0 bridgehead atoms. The third-order valence-electron chi connectivity index (χ3n) is 6.47. The Morgan fingerprint density at radius 2 is 1.82 bits per heavy atom. The Bertz CT molecular complexity index is 1440. The topological polar surface area (TPSA) is 106 Å². The Labute approximate surface area is 225 Å². The number of aliphatic hydroxyl groups is 1. The van der Waals surface area contributed by atoms with E-state index in [1.807, 2.05) is 38.1 Å². The summed E-state index contributed by atoms with van der Waals surface area (Å²) in [6.07, 6.45) is 0. The quantitative estimate of drug-likeness (QED) is 0.179. The lowest BCUT2D eigenvalue weighted by Gasteiger charge is -2.23. The molecular weight excluding hydrogens is 504 g/mol. The number of ether oxygens (including phenoxy) is 2. The van der Waals surface area contributed by atoms with Gasteiger partial charge in [0.05, 0.1) is 31.0 Å². The summed E-state index contributed by atoms with van der Waals surface area (Å²) in [6.45, 7) is 9.99. The molecule has 1 aliphatic rings. The van der Waals surface area contributed by atoms with Crippen molar-refractivity contribution in [2.45, 2.75) is 46.6 Å². The third kappa shape index (κ3) is 4.81. The van der Waals surface area contributed by atoms with Crippen LogP contribution < -0.4 is 9.64 Å². The molecule has 2 heterocycles. The third-order valence-corrected chi connectivity index (χ3v) is 7.61. The van der Waals surface area contributed by atoms with Crippen LogP contribution in [0.2, 0.25) is 0 Å². The molecule has 1 aliphatic heterocycles. The van der Waals surface area contributed by atoms with Crippen LogP contribution in [0.4, 0.5) is 5.13 Å². The molecule has 1 amide bonds. The molecule has 1 saturated heterocycles. The minimum absolute atomic E-state index is 0.0525. The van der Waals surface area contributed by atoms with E-state index in [4.69, 9.17) is 9.47 Å². The van der Waals surface area contributed by atoms with Crippen LogP contribution in [-0.4, -0.2) is 41.5 Å². The largest absolute Gasteiger partial charge is 0.507 e. The number of anilines is 1. The van der Waals surface area contributed by atoms with E-state index < -0.39 is 23.7 Å². The van der Waals surface area contributed by atoms with Crippen LogP contribution in [0, 0.1) is 13.8 Å². The van der Waals surface area contributed by atoms with Gasteiger partial charge in [-0.3, -0.25) is 14.5 Å². The number of rotatable bonds is 7. The first-order valence-corrected chi connectivity index (χ1v) is 13.1. The predicted octanol–water partition coefficient (Wildman–Crippen LogP) is 5.69. The normalized spacial score (nSPS) is 16.8. The molecule has 1 fully saturated rings. The van der Waals surface area contributed by atoms with E-state index in [0.29, 0.717) is 29.2 Å². The van der Waals surface area contributed by atoms with Crippen molar-refractivity contribution in [2.24, 2.45) is 0 Å². The van der Waals surface area contributed by atoms with E-state index in [9.17, 15) is 19.5 Å². The first-order chi connectivity index (χ1) is 18.1. The summed E-state index contributed by atoms with van der Waals surface area (Å²) in [7, 11) is 1.27. The lowest BCUT2D eigenvalue weighted by molar-refractivity contribution is -0.132. The number of hydrogen-bond donors (Lipinski definition) is 1. The number of esters is 1. The molecule has 3 aromatic rings. The smallest absolute Gasteiger partial charge is 0.350 e. The molecule has 0 saturated carbocycles. The van der Waals surface area contributed by atoms with Gasteiger partial charge in [0.25, 0.3) is 5.78 Å². The van der Waals surface area contributed by atoms with Crippen LogP contribution in [-0.2, 0) is 14.3 Å². The van der Waals surface area contributed by atoms with Crippen molar-refractivity contribution in [1.29, 1.82) is 0 Å². The number of Topliss-reactive ketones (excluding diaryl/α,β-unsaturated/α-hetero) is 1. The second-order valence-electron chi connectivity index (χ2n) is 9.31. The number of amides is 1. The second-order valence-corrected chi connectivity index (χ2v) is 10.3. The number of carbonyl (C=O) groups is 3. The minimum Gasteiger partial charge on any atom is -0.507 e. The number of ketones is 1. The average molecular weight is 535 g/mol. The van der Waals surface area contributed by atoms with E-state index in [1.165, 1.54) is 12.0 Å². The van der Waals surface area contributed by atoms with Crippen molar-refractivity contribution in [3.05, 3.63) is 80.9 Å². The number of nitrogens with zero attached hydrogens (tertiary/aromatic N) is 2. The zero-order valence-corrected chi connectivity index (χ0v) is 23.0. The van der Waals surface area contributed by atoms with Crippen LogP contribution in [0.5, 0.6) is 5.75 Å². The molecule has 198 valence electrons. The van der Waals surface area contributed by atoms with Crippen molar-refractivity contribution in [3.8, 4) is 5.75 Å². The molecule has 0 radical (unpaired) electrons. The fourth-order valence-corrected chi connectivity index (χ4v) is 5.46. The Balaban J connectivity index is 1.91. The van der Waals surface area contributed by atoms with Crippen molar-refractivity contribution < 1.29 is 29.0 Å². The van der Waals surface area contributed by atoms with Crippen molar-refractivity contribution >= 4 is 39.9 Å². The fourth-order valence-electron chi connectivity index (χ4n) is 4.45. The van der Waals surface area contributed by atoms with Crippen molar-refractivity contribution in [1.82, 2.24) is 4.98 Å². The Kier molecular flexibility index (Phi) is 7.68. The predicted molar refractivity (Wildman–Crippen MR) is 146 cm³/mol. The van der Waals surface area contributed by atoms with Crippen molar-refractivity contribution in [2.75, 3.05) is 18.6 Å². The van der Waals surface area contributed by atoms with Gasteiger partial charge in [-0.2, -0.15) is 0 Å². The van der Waals surface area contributed by atoms with Gasteiger partial charge in [0, 0.05) is 5.56 Å². The maximum Gasteiger partial charge on any atom is 0.350 e. The highest BCUT2D eigenvalue weighted by Gasteiger charge is 2.48. The summed E-state index contributed by atoms with van der Waals surface area (Å²) >= 11 is 0.968. The van der Waals surface area contributed by atoms with Crippen LogP contribution in [0.1, 0.15) is 70.4 Å². The summed E-state index contributed by atoms with van der Waals surface area (Å²) in [4.78, 5) is 45.1. The van der Waals surface area contributed by atoms with Gasteiger partial charge in [0.1, 0.15) is 16.4 Å². The summed E-state index contributed by atoms with van der Waals surface area (Å²) in [5, 5.41) is 11.6. The maximum absolute atomic E-state index is 13.5.